The summed E-state index contributed by atoms with van der Waals surface area (Å²) >= 11 is 3.33. The molecule has 4 rings (SSSR count). The van der Waals surface area contributed by atoms with Gasteiger partial charge in [0.05, 0.1) is 11.3 Å². The zero-order valence-electron chi connectivity index (χ0n) is 14.7. The van der Waals surface area contributed by atoms with Gasteiger partial charge in [0.25, 0.3) is 5.56 Å². The van der Waals surface area contributed by atoms with Gasteiger partial charge in [0.2, 0.25) is 0 Å². The minimum absolute atomic E-state index is 0.0657. The van der Waals surface area contributed by atoms with Crippen LogP contribution in [0.4, 0.5) is 0 Å². The summed E-state index contributed by atoms with van der Waals surface area (Å²) in [4.78, 5) is 32.3. The van der Waals surface area contributed by atoms with E-state index in [1.807, 2.05) is 26.0 Å². The molecule has 0 radical (unpaired) electrons. The van der Waals surface area contributed by atoms with Crippen molar-refractivity contribution in [2.75, 3.05) is 0 Å². The molecule has 27 heavy (non-hydrogen) atoms. The van der Waals surface area contributed by atoms with Crippen molar-refractivity contribution in [2.24, 2.45) is 0 Å². The Morgan fingerprint density at radius 1 is 1.22 bits per heavy atom. The van der Waals surface area contributed by atoms with Crippen LogP contribution in [0.15, 0.2) is 51.9 Å². The molecule has 0 spiro atoms. The van der Waals surface area contributed by atoms with Crippen molar-refractivity contribution in [3.05, 3.63) is 79.9 Å². The number of aromatic nitrogens is 3. The Balaban J connectivity index is 1.57. The highest BCUT2D eigenvalue weighted by atomic mass is 79.9. The van der Waals surface area contributed by atoms with Crippen molar-refractivity contribution in [3.63, 3.8) is 0 Å². The van der Waals surface area contributed by atoms with E-state index in [4.69, 9.17) is 4.74 Å². The van der Waals surface area contributed by atoms with Crippen molar-refractivity contribution < 1.29 is 9.53 Å². The number of aromatic amines is 1. The van der Waals surface area contributed by atoms with Crippen molar-refractivity contribution in [3.8, 4) is 0 Å². The molecule has 1 aromatic carbocycles. The van der Waals surface area contributed by atoms with Crippen LogP contribution >= 0.6 is 15.9 Å². The highest BCUT2D eigenvalue weighted by Gasteiger charge is 2.12. The van der Waals surface area contributed by atoms with E-state index in [-0.39, 0.29) is 12.2 Å². The molecule has 6 nitrogen and oxygen atoms in total. The predicted molar refractivity (Wildman–Crippen MR) is 106 cm³/mol. The number of H-pyrrole nitrogens is 1. The Bertz CT molecular complexity index is 1260. The first-order valence-electron chi connectivity index (χ1n) is 8.36. The minimum atomic E-state index is -0.451. The summed E-state index contributed by atoms with van der Waals surface area (Å²) in [6, 6.07) is 10.3. The smallest absolute Gasteiger partial charge is 0.338 e. The molecule has 4 aromatic rings. The fourth-order valence-electron chi connectivity index (χ4n) is 3.01. The van der Waals surface area contributed by atoms with Gasteiger partial charge in [0.15, 0.2) is 0 Å². The van der Waals surface area contributed by atoms with Crippen LogP contribution in [0.3, 0.4) is 0 Å². The number of ether oxygens (including phenoxy) is 1. The van der Waals surface area contributed by atoms with Crippen LogP contribution in [0, 0.1) is 13.8 Å². The molecule has 0 aliphatic rings. The van der Waals surface area contributed by atoms with Gasteiger partial charge in [-0.2, -0.15) is 0 Å². The first-order valence-corrected chi connectivity index (χ1v) is 9.15. The van der Waals surface area contributed by atoms with Crippen molar-refractivity contribution in [2.45, 2.75) is 20.5 Å². The lowest BCUT2D eigenvalue weighted by molar-refractivity contribution is 0.0468. The fourth-order valence-corrected chi connectivity index (χ4v) is 3.35. The van der Waals surface area contributed by atoms with Crippen LogP contribution in [0.25, 0.3) is 16.6 Å². The summed E-state index contributed by atoms with van der Waals surface area (Å²) in [5, 5.41) is 0.995. The molecule has 1 N–H and O–H groups in total. The summed E-state index contributed by atoms with van der Waals surface area (Å²) in [5.74, 6) is -0.451. The van der Waals surface area contributed by atoms with E-state index in [0.29, 0.717) is 16.9 Å². The van der Waals surface area contributed by atoms with Crippen LogP contribution in [0.1, 0.15) is 27.3 Å². The second-order valence-corrected chi connectivity index (χ2v) is 7.29. The first kappa shape index (κ1) is 17.5. The molecule has 3 heterocycles. The third kappa shape index (κ3) is 3.26. The monoisotopic (exact) mass is 425 g/mol. The number of nitrogens with one attached hydrogen (secondary N) is 1. The molecular weight excluding hydrogens is 410 g/mol. The van der Waals surface area contributed by atoms with E-state index in [2.05, 4.69) is 25.9 Å². The van der Waals surface area contributed by atoms with Crippen LogP contribution in [0.2, 0.25) is 0 Å². The van der Waals surface area contributed by atoms with Crippen LogP contribution in [0.5, 0.6) is 0 Å². The van der Waals surface area contributed by atoms with Gasteiger partial charge in [-0.15, -0.1) is 0 Å². The second kappa shape index (κ2) is 6.66. The molecule has 3 aromatic heterocycles. The number of aryl methyl sites for hydroxylation is 2. The van der Waals surface area contributed by atoms with E-state index in [0.717, 1.165) is 26.6 Å². The summed E-state index contributed by atoms with van der Waals surface area (Å²) in [6.45, 7) is 3.94. The normalized spacial score (nSPS) is 11.2. The number of hydrogen-bond acceptors (Lipinski definition) is 4. The first-order chi connectivity index (χ1) is 12.9. The van der Waals surface area contributed by atoms with Gasteiger partial charge >= 0.3 is 5.97 Å². The van der Waals surface area contributed by atoms with Crippen molar-refractivity contribution >= 4 is 38.4 Å². The maximum atomic E-state index is 12.4. The van der Waals surface area contributed by atoms with E-state index in [1.165, 1.54) is 10.5 Å². The van der Waals surface area contributed by atoms with Gasteiger partial charge in [-0.3, -0.25) is 9.20 Å². The van der Waals surface area contributed by atoms with E-state index in [1.54, 1.807) is 24.4 Å². The van der Waals surface area contributed by atoms with Gasteiger partial charge in [-0.25, -0.2) is 9.78 Å². The molecule has 136 valence electrons. The SMILES string of the molecule is Cc1[nH]c2ccc(C(=O)OCc3cc(=O)n4cc(Br)ccc4n3)cc2c1C. The topological polar surface area (TPSA) is 76.5 Å². The number of pyridine rings is 1. The maximum Gasteiger partial charge on any atom is 0.338 e. The molecule has 7 heteroatoms. The van der Waals surface area contributed by atoms with Gasteiger partial charge < -0.3 is 9.72 Å². The highest BCUT2D eigenvalue weighted by Crippen LogP contribution is 2.22. The van der Waals surface area contributed by atoms with Crippen molar-refractivity contribution in [1.29, 1.82) is 0 Å². The number of nitrogens with zero attached hydrogens (tertiary/aromatic N) is 2. The van der Waals surface area contributed by atoms with Gasteiger partial charge in [0.1, 0.15) is 12.3 Å². The van der Waals surface area contributed by atoms with Crippen LogP contribution < -0.4 is 5.56 Å². The molecular formula is C20H16BrN3O3. The zero-order chi connectivity index (χ0) is 19.1. The number of fused-ring (bicyclic) bond motifs is 2. The summed E-state index contributed by atoms with van der Waals surface area (Å²) in [6.07, 6.45) is 1.65. The quantitative estimate of drug-likeness (QED) is 0.504. The molecule has 0 atom stereocenters. The van der Waals surface area contributed by atoms with Crippen LogP contribution in [-0.4, -0.2) is 20.3 Å². The molecule has 0 amide bonds. The Labute approximate surface area is 162 Å². The lowest BCUT2D eigenvalue weighted by Crippen LogP contribution is -2.16. The lowest BCUT2D eigenvalue weighted by atomic mass is 10.1. The Hall–Kier alpha value is -2.93. The largest absolute Gasteiger partial charge is 0.456 e. The average molecular weight is 426 g/mol. The molecule has 0 aliphatic heterocycles. The van der Waals surface area contributed by atoms with Crippen molar-refractivity contribution in [1.82, 2.24) is 14.4 Å². The Morgan fingerprint density at radius 3 is 2.85 bits per heavy atom. The number of carbonyl (C=O) groups is 1. The molecule has 0 fully saturated rings. The minimum Gasteiger partial charge on any atom is -0.456 e. The predicted octanol–water partition coefficient (Wildman–Crippen LogP) is 3.91. The summed E-state index contributed by atoms with van der Waals surface area (Å²) in [5.41, 5.74) is 4.30. The maximum absolute atomic E-state index is 12.4. The number of hydrogen-bond donors (Lipinski definition) is 1. The molecule has 0 saturated carbocycles. The molecule has 0 aliphatic carbocycles. The zero-order valence-corrected chi connectivity index (χ0v) is 16.3. The number of carbonyl (C=O) groups excluding carboxylic acids is 1. The Morgan fingerprint density at radius 2 is 2.04 bits per heavy atom. The third-order valence-electron chi connectivity index (χ3n) is 4.57. The molecule has 0 saturated heterocycles. The van der Waals surface area contributed by atoms with Gasteiger partial charge in [-0.05, 0) is 65.7 Å². The Kier molecular flexibility index (Phi) is 4.31. The molecule has 0 unspecified atom stereocenters. The lowest BCUT2D eigenvalue weighted by Gasteiger charge is -2.07. The highest BCUT2D eigenvalue weighted by molar-refractivity contribution is 9.10. The number of esters is 1. The third-order valence-corrected chi connectivity index (χ3v) is 5.04. The summed E-state index contributed by atoms with van der Waals surface area (Å²) in [7, 11) is 0. The van der Waals surface area contributed by atoms with E-state index < -0.39 is 5.97 Å². The fraction of sp³-hybridized carbons (Fsp3) is 0.150. The second-order valence-electron chi connectivity index (χ2n) is 6.37. The molecule has 0 bridgehead atoms. The van der Waals surface area contributed by atoms with E-state index >= 15 is 0 Å². The summed E-state index contributed by atoms with van der Waals surface area (Å²) < 4.78 is 7.58. The van der Waals surface area contributed by atoms with Gasteiger partial charge in [-0.1, -0.05) is 0 Å². The number of halogens is 1. The van der Waals surface area contributed by atoms with E-state index in [9.17, 15) is 9.59 Å². The standard InChI is InChI=1S/C20H16BrN3O3/c1-11-12(2)22-17-5-3-13(7-16(11)17)20(26)27-10-15-8-19(25)24-9-14(21)4-6-18(24)23-15/h3-9,22H,10H2,1-2H3. The number of benzene rings is 1. The number of rotatable bonds is 3. The van der Waals surface area contributed by atoms with Gasteiger partial charge in [0, 0.05) is 33.3 Å². The van der Waals surface area contributed by atoms with Crippen LogP contribution in [-0.2, 0) is 11.3 Å². The average Bonchev–Trinajstić information content (AvgIpc) is 2.94.